The van der Waals surface area contributed by atoms with Gasteiger partial charge in [0.2, 0.25) is 5.89 Å². The zero-order valence-electron chi connectivity index (χ0n) is 12.6. The van der Waals surface area contributed by atoms with Crippen LogP contribution in [0, 0.1) is 11.3 Å². The third kappa shape index (κ3) is 3.56. The van der Waals surface area contributed by atoms with E-state index in [0.717, 1.165) is 6.42 Å². The molecule has 4 nitrogen and oxygen atoms in total. The fourth-order valence-corrected chi connectivity index (χ4v) is 2.73. The second-order valence-electron chi connectivity index (χ2n) is 6.87. The first-order chi connectivity index (χ1) is 9.60. The van der Waals surface area contributed by atoms with Crippen molar-refractivity contribution >= 4 is 0 Å². The quantitative estimate of drug-likeness (QED) is 0.898. The third-order valence-electron chi connectivity index (χ3n) is 4.17. The van der Waals surface area contributed by atoms with Gasteiger partial charge in [0.05, 0.1) is 12.0 Å². The van der Waals surface area contributed by atoms with Crippen LogP contribution in [0.3, 0.4) is 0 Å². The summed E-state index contributed by atoms with van der Waals surface area (Å²) in [6, 6.07) is -0.470. The molecule has 0 bridgehead atoms. The molecule has 1 heterocycles. The average Bonchev–Trinajstić information content (AvgIpc) is 2.85. The third-order valence-corrected chi connectivity index (χ3v) is 4.17. The van der Waals surface area contributed by atoms with Gasteiger partial charge in [0.1, 0.15) is 0 Å². The molecule has 1 aromatic rings. The fraction of sp³-hybridized carbons (Fsp3) is 0.857. The first kappa shape index (κ1) is 16.3. The van der Waals surface area contributed by atoms with Gasteiger partial charge in [0.25, 0.3) is 0 Å². The number of halogens is 3. The minimum Gasteiger partial charge on any atom is -0.339 e. The molecule has 0 amide bonds. The van der Waals surface area contributed by atoms with Crippen molar-refractivity contribution in [1.29, 1.82) is 0 Å². The van der Waals surface area contributed by atoms with Gasteiger partial charge in [0, 0.05) is 5.92 Å². The van der Waals surface area contributed by atoms with Crippen molar-refractivity contribution in [1.82, 2.24) is 10.1 Å². The van der Waals surface area contributed by atoms with E-state index in [1.165, 1.54) is 0 Å². The molecule has 0 spiro atoms. The van der Waals surface area contributed by atoms with Crippen molar-refractivity contribution in [3.63, 3.8) is 0 Å². The molecule has 7 heteroatoms. The Hall–Kier alpha value is -1.11. The van der Waals surface area contributed by atoms with Crippen LogP contribution in [0.15, 0.2) is 4.52 Å². The number of hydrogen-bond donors (Lipinski definition) is 1. The number of aromatic nitrogens is 2. The van der Waals surface area contributed by atoms with Crippen LogP contribution in [-0.2, 0) is 0 Å². The largest absolute Gasteiger partial charge is 0.392 e. The van der Waals surface area contributed by atoms with Crippen LogP contribution >= 0.6 is 0 Å². The highest BCUT2D eigenvalue weighted by molar-refractivity contribution is 5.04. The van der Waals surface area contributed by atoms with Gasteiger partial charge in [-0.05, 0) is 18.3 Å². The Morgan fingerprint density at radius 2 is 1.81 bits per heavy atom. The number of alkyl halides is 3. The van der Waals surface area contributed by atoms with Gasteiger partial charge < -0.3 is 10.3 Å². The van der Waals surface area contributed by atoms with E-state index in [4.69, 9.17) is 10.3 Å². The summed E-state index contributed by atoms with van der Waals surface area (Å²) in [5.74, 6) is -1.78. The van der Waals surface area contributed by atoms with Crippen LogP contribution in [0.5, 0.6) is 0 Å². The summed E-state index contributed by atoms with van der Waals surface area (Å²) in [7, 11) is 0. The molecule has 0 aromatic carbocycles. The molecule has 1 saturated carbocycles. The maximum absolute atomic E-state index is 13.1. The SMILES string of the molecule is CC(C)(C)C(N)c1noc(C2CCCCC2C(F)(F)F)n1. The molecule has 2 rings (SSSR count). The second kappa shape index (κ2) is 5.59. The van der Waals surface area contributed by atoms with E-state index in [1.54, 1.807) is 0 Å². The lowest BCUT2D eigenvalue weighted by Crippen LogP contribution is -2.32. The Bertz CT molecular complexity index is 479. The predicted molar refractivity (Wildman–Crippen MR) is 71.4 cm³/mol. The molecule has 2 N–H and O–H groups in total. The van der Waals surface area contributed by atoms with E-state index in [1.807, 2.05) is 20.8 Å². The van der Waals surface area contributed by atoms with E-state index < -0.39 is 24.1 Å². The Morgan fingerprint density at radius 3 is 2.38 bits per heavy atom. The van der Waals surface area contributed by atoms with Gasteiger partial charge >= 0.3 is 6.18 Å². The van der Waals surface area contributed by atoms with E-state index in [-0.39, 0.29) is 23.6 Å². The van der Waals surface area contributed by atoms with Crippen LogP contribution in [0.25, 0.3) is 0 Å². The van der Waals surface area contributed by atoms with E-state index in [2.05, 4.69) is 10.1 Å². The van der Waals surface area contributed by atoms with Gasteiger partial charge in [0.15, 0.2) is 5.82 Å². The number of nitrogens with two attached hydrogens (primary N) is 1. The normalized spacial score (nSPS) is 25.9. The molecule has 21 heavy (non-hydrogen) atoms. The van der Waals surface area contributed by atoms with Gasteiger partial charge in [-0.1, -0.05) is 38.8 Å². The summed E-state index contributed by atoms with van der Waals surface area (Å²) in [4.78, 5) is 4.16. The minimum absolute atomic E-state index is 0.0757. The van der Waals surface area contributed by atoms with Crippen molar-refractivity contribution in [2.75, 3.05) is 0 Å². The first-order valence-corrected chi connectivity index (χ1v) is 7.26. The van der Waals surface area contributed by atoms with Crippen molar-refractivity contribution in [2.45, 2.75) is 64.6 Å². The monoisotopic (exact) mass is 305 g/mol. The van der Waals surface area contributed by atoms with Gasteiger partial charge in [-0.3, -0.25) is 0 Å². The van der Waals surface area contributed by atoms with E-state index >= 15 is 0 Å². The molecule has 0 radical (unpaired) electrons. The Labute approximate surface area is 122 Å². The molecule has 1 aliphatic carbocycles. The van der Waals surface area contributed by atoms with Crippen molar-refractivity contribution in [3.05, 3.63) is 11.7 Å². The van der Waals surface area contributed by atoms with Crippen LogP contribution in [0.4, 0.5) is 13.2 Å². The lowest BCUT2D eigenvalue weighted by molar-refractivity contribution is -0.189. The molecule has 0 aliphatic heterocycles. The summed E-state index contributed by atoms with van der Waals surface area (Å²) >= 11 is 0. The smallest absolute Gasteiger partial charge is 0.339 e. The summed E-state index contributed by atoms with van der Waals surface area (Å²) in [5, 5.41) is 3.80. The van der Waals surface area contributed by atoms with Crippen LogP contribution in [0.1, 0.15) is 70.1 Å². The Morgan fingerprint density at radius 1 is 1.19 bits per heavy atom. The average molecular weight is 305 g/mol. The van der Waals surface area contributed by atoms with E-state index in [0.29, 0.717) is 12.8 Å². The highest BCUT2D eigenvalue weighted by Gasteiger charge is 2.48. The van der Waals surface area contributed by atoms with Crippen LogP contribution in [-0.4, -0.2) is 16.3 Å². The molecule has 120 valence electrons. The Balaban J connectivity index is 2.23. The van der Waals surface area contributed by atoms with Gasteiger partial charge in [-0.25, -0.2) is 0 Å². The number of hydrogen-bond acceptors (Lipinski definition) is 4. The zero-order chi connectivity index (χ0) is 15.8. The topological polar surface area (TPSA) is 64.9 Å². The molecule has 1 aliphatic rings. The molecule has 1 aromatic heterocycles. The predicted octanol–water partition coefficient (Wildman–Crippen LogP) is 3.95. The maximum Gasteiger partial charge on any atom is 0.392 e. The molecule has 1 fully saturated rings. The first-order valence-electron chi connectivity index (χ1n) is 7.26. The fourth-order valence-electron chi connectivity index (χ4n) is 2.73. The van der Waals surface area contributed by atoms with Crippen LogP contribution < -0.4 is 5.73 Å². The number of nitrogens with zero attached hydrogens (tertiary/aromatic N) is 2. The molecular formula is C14H22F3N3O. The highest BCUT2D eigenvalue weighted by atomic mass is 19.4. The van der Waals surface area contributed by atoms with E-state index in [9.17, 15) is 13.2 Å². The lowest BCUT2D eigenvalue weighted by Gasteiger charge is -2.30. The summed E-state index contributed by atoms with van der Waals surface area (Å²) in [6.45, 7) is 5.77. The minimum atomic E-state index is -4.23. The van der Waals surface area contributed by atoms with Gasteiger partial charge in [-0.2, -0.15) is 18.2 Å². The lowest BCUT2D eigenvalue weighted by atomic mass is 9.78. The Kier molecular flexibility index (Phi) is 4.33. The standard InChI is InChI=1S/C14H22F3N3O/c1-13(2,3)10(18)11-19-12(21-20-11)8-6-4-5-7-9(8)14(15,16)17/h8-10H,4-7,18H2,1-3H3. The van der Waals surface area contributed by atoms with Crippen molar-refractivity contribution < 1.29 is 17.7 Å². The van der Waals surface area contributed by atoms with Crippen molar-refractivity contribution in [3.8, 4) is 0 Å². The second-order valence-corrected chi connectivity index (χ2v) is 6.87. The van der Waals surface area contributed by atoms with Gasteiger partial charge in [-0.15, -0.1) is 0 Å². The number of rotatable bonds is 2. The summed E-state index contributed by atoms with van der Waals surface area (Å²) < 4.78 is 44.5. The zero-order valence-corrected chi connectivity index (χ0v) is 12.6. The summed E-state index contributed by atoms with van der Waals surface area (Å²) in [5.41, 5.74) is 5.75. The van der Waals surface area contributed by atoms with Crippen molar-refractivity contribution in [2.24, 2.45) is 17.1 Å². The maximum atomic E-state index is 13.1. The summed E-state index contributed by atoms with van der Waals surface area (Å²) in [6.07, 6.45) is -2.34. The molecule has 3 unspecified atom stereocenters. The molecule has 0 saturated heterocycles. The molecule has 3 atom stereocenters. The molecular weight excluding hydrogens is 283 g/mol. The highest BCUT2D eigenvalue weighted by Crippen LogP contribution is 2.46. The van der Waals surface area contributed by atoms with Crippen LogP contribution in [0.2, 0.25) is 0 Å².